The minimum absolute atomic E-state index is 0.0467. The van der Waals surface area contributed by atoms with Gasteiger partial charge in [0, 0.05) is 18.8 Å². The monoisotopic (exact) mass is 351 g/mol. The van der Waals surface area contributed by atoms with E-state index in [0.717, 1.165) is 22.3 Å². The Morgan fingerprint density at radius 2 is 1.46 bits per heavy atom. The van der Waals surface area contributed by atoms with Crippen LogP contribution in [0.15, 0.2) is 48.5 Å². The van der Waals surface area contributed by atoms with E-state index in [9.17, 15) is 14.4 Å². The van der Waals surface area contributed by atoms with Gasteiger partial charge in [-0.15, -0.1) is 0 Å². The fraction of sp³-hybridized carbons (Fsp3) is 0.250. The van der Waals surface area contributed by atoms with E-state index in [1.54, 1.807) is 6.92 Å². The summed E-state index contributed by atoms with van der Waals surface area (Å²) in [4.78, 5) is 40.0. The predicted molar refractivity (Wildman–Crippen MR) is 91.8 cm³/mol. The molecule has 0 radical (unpaired) electrons. The number of fused-ring (bicyclic) bond motifs is 3. The molecule has 0 N–H and O–H groups in total. The van der Waals surface area contributed by atoms with Crippen molar-refractivity contribution >= 4 is 18.0 Å². The van der Waals surface area contributed by atoms with Crippen molar-refractivity contribution in [1.29, 1.82) is 0 Å². The SMILES string of the molecule is CC(OC(=O)ON1C(=O)CCC1=O)C1c2ccccc2-c2ccccc21. The van der Waals surface area contributed by atoms with Crippen molar-refractivity contribution in [2.75, 3.05) is 0 Å². The van der Waals surface area contributed by atoms with Crippen molar-refractivity contribution in [3.05, 3.63) is 59.7 Å². The minimum atomic E-state index is -1.05. The van der Waals surface area contributed by atoms with Crippen LogP contribution in [0.3, 0.4) is 0 Å². The molecule has 26 heavy (non-hydrogen) atoms. The molecule has 2 aliphatic rings. The summed E-state index contributed by atoms with van der Waals surface area (Å²) in [6.07, 6.45) is -1.49. The van der Waals surface area contributed by atoms with Crippen LogP contribution >= 0.6 is 0 Å². The molecule has 4 rings (SSSR count). The zero-order chi connectivity index (χ0) is 18.3. The molecule has 6 nitrogen and oxygen atoms in total. The molecular formula is C20H17NO5. The molecule has 1 aliphatic carbocycles. The zero-order valence-corrected chi connectivity index (χ0v) is 14.2. The number of hydrogen-bond acceptors (Lipinski definition) is 5. The lowest BCUT2D eigenvalue weighted by Gasteiger charge is -2.22. The summed E-state index contributed by atoms with van der Waals surface area (Å²) in [5.41, 5.74) is 4.37. The highest BCUT2D eigenvalue weighted by atomic mass is 16.8. The Morgan fingerprint density at radius 3 is 2.00 bits per heavy atom. The summed E-state index contributed by atoms with van der Waals surface area (Å²) in [5.74, 6) is -1.20. The van der Waals surface area contributed by atoms with E-state index >= 15 is 0 Å². The van der Waals surface area contributed by atoms with E-state index < -0.39 is 24.1 Å². The number of imide groups is 1. The molecule has 132 valence electrons. The topological polar surface area (TPSA) is 72.9 Å². The molecule has 0 saturated carbocycles. The fourth-order valence-electron chi connectivity index (χ4n) is 3.67. The Bertz CT molecular complexity index is 845. The van der Waals surface area contributed by atoms with E-state index in [0.29, 0.717) is 5.06 Å². The molecule has 1 fully saturated rings. The van der Waals surface area contributed by atoms with Crippen molar-refractivity contribution in [2.24, 2.45) is 0 Å². The molecule has 2 aromatic carbocycles. The molecule has 2 amide bonds. The Kier molecular flexibility index (Phi) is 3.95. The average molecular weight is 351 g/mol. The highest BCUT2D eigenvalue weighted by Gasteiger charge is 2.37. The van der Waals surface area contributed by atoms with Gasteiger partial charge in [-0.25, -0.2) is 4.79 Å². The van der Waals surface area contributed by atoms with Crippen LogP contribution in [-0.4, -0.2) is 29.1 Å². The maximum Gasteiger partial charge on any atom is 0.534 e. The molecule has 0 spiro atoms. The van der Waals surface area contributed by atoms with Crippen molar-refractivity contribution in [2.45, 2.75) is 31.8 Å². The van der Waals surface area contributed by atoms with Crippen LogP contribution in [0, 0.1) is 0 Å². The number of rotatable bonds is 3. The lowest BCUT2D eigenvalue weighted by atomic mass is 9.92. The van der Waals surface area contributed by atoms with Crippen LogP contribution in [0.25, 0.3) is 11.1 Å². The van der Waals surface area contributed by atoms with Gasteiger partial charge in [0.1, 0.15) is 6.10 Å². The quantitative estimate of drug-likeness (QED) is 0.626. The molecule has 1 unspecified atom stereocenters. The maximum absolute atomic E-state index is 12.1. The molecule has 1 aliphatic heterocycles. The van der Waals surface area contributed by atoms with E-state index in [1.165, 1.54) is 0 Å². The van der Waals surface area contributed by atoms with Crippen LogP contribution in [0.1, 0.15) is 36.8 Å². The van der Waals surface area contributed by atoms with Crippen LogP contribution in [0.4, 0.5) is 4.79 Å². The number of benzene rings is 2. The number of hydroxylamine groups is 2. The van der Waals surface area contributed by atoms with Gasteiger partial charge in [-0.2, -0.15) is 0 Å². The number of amides is 2. The molecule has 0 aromatic heterocycles. The molecular weight excluding hydrogens is 334 g/mol. The van der Waals surface area contributed by atoms with Gasteiger partial charge in [-0.3, -0.25) is 14.4 Å². The number of ether oxygens (including phenoxy) is 1. The van der Waals surface area contributed by atoms with Gasteiger partial charge in [-0.1, -0.05) is 53.6 Å². The van der Waals surface area contributed by atoms with Crippen molar-refractivity contribution in [1.82, 2.24) is 5.06 Å². The summed E-state index contributed by atoms with van der Waals surface area (Å²) in [6, 6.07) is 16.0. The summed E-state index contributed by atoms with van der Waals surface area (Å²) >= 11 is 0. The first-order valence-electron chi connectivity index (χ1n) is 8.49. The number of carbonyl (C=O) groups is 3. The zero-order valence-electron chi connectivity index (χ0n) is 14.2. The second-order valence-electron chi connectivity index (χ2n) is 6.40. The molecule has 1 saturated heterocycles. The molecule has 1 atom stereocenters. The van der Waals surface area contributed by atoms with E-state index in [1.807, 2.05) is 48.5 Å². The molecule has 6 heteroatoms. The van der Waals surface area contributed by atoms with Gasteiger partial charge < -0.3 is 4.74 Å². The third kappa shape index (κ3) is 2.63. The average Bonchev–Trinajstić information content (AvgIpc) is 3.14. The number of nitrogens with zero attached hydrogens (tertiary/aromatic N) is 1. The van der Waals surface area contributed by atoms with E-state index in [2.05, 4.69) is 0 Å². The van der Waals surface area contributed by atoms with Crippen molar-refractivity contribution in [3.63, 3.8) is 0 Å². The molecule has 2 aromatic rings. The second kappa shape index (κ2) is 6.29. The van der Waals surface area contributed by atoms with Crippen LogP contribution in [-0.2, 0) is 19.2 Å². The minimum Gasteiger partial charge on any atom is -0.429 e. The van der Waals surface area contributed by atoms with Crippen molar-refractivity contribution < 1.29 is 24.0 Å². The van der Waals surface area contributed by atoms with Crippen molar-refractivity contribution in [3.8, 4) is 11.1 Å². The largest absolute Gasteiger partial charge is 0.534 e. The Hall–Kier alpha value is -3.15. The Balaban J connectivity index is 1.55. The van der Waals surface area contributed by atoms with Gasteiger partial charge in [0.15, 0.2) is 0 Å². The van der Waals surface area contributed by atoms with Crippen LogP contribution < -0.4 is 0 Å². The highest BCUT2D eigenvalue weighted by molar-refractivity contribution is 6.01. The van der Waals surface area contributed by atoms with Gasteiger partial charge in [-0.05, 0) is 29.2 Å². The first-order valence-corrected chi connectivity index (χ1v) is 8.49. The van der Waals surface area contributed by atoms with Gasteiger partial charge in [0.05, 0.1) is 0 Å². The smallest absolute Gasteiger partial charge is 0.429 e. The predicted octanol–water partition coefficient (Wildman–Crippen LogP) is 3.40. The van der Waals surface area contributed by atoms with Gasteiger partial charge in [0.25, 0.3) is 11.8 Å². The first kappa shape index (κ1) is 16.3. The first-order chi connectivity index (χ1) is 12.6. The van der Waals surface area contributed by atoms with E-state index in [4.69, 9.17) is 9.57 Å². The lowest BCUT2D eigenvalue weighted by Crippen LogP contribution is -2.34. The fourth-order valence-corrected chi connectivity index (χ4v) is 3.67. The summed E-state index contributed by atoms with van der Waals surface area (Å²) in [6.45, 7) is 1.78. The normalized spacial score (nSPS) is 17.0. The third-order valence-corrected chi connectivity index (χ3v) is 4.80. The Morgan fingerprint density at radius 1 is 0.962 bits per heavy atom. The van der Waals surface area contributed by atoms with Crippen LogP contribution in [0.2, 0.25) is 0 Å². The number of carbonyl (C=O) groups excluding carboxylic acids is 3. The highest BCUT2D eigenvalue weighted by Crippen LogP contribution is 2.46. The lowest BCUT2D eigenvalue weighted by molar-refractivity contribution is -0.178. The standard InChI is InChI=1S/C20H17NO5/c1-12(25-20(24)26-21-17(22)10-11-18(21)23)19-15-8-4-2-6-13(15)14-7-3-5-9-16(14)19/h2-9,12,19H,10-11H2,1H3. The number of hydrogen-bond donors (Lipinski definition) is 0. The summed E-state index contributed by atoms with van der Waals surface area (Å²) < 4.78 is 5.40. The van der Waals surface area contributed by atoms with Gasteiger partial charge >= 0.3 is 6.16 Å². The maximum atomic E-state index is 12.1. The Labute approximate surface area is 150 Å². The third-order valence-electron chi connectivity index (χ3n) is 4.80. The van der Waals surface area contributed by atoms with Crippen LogP contribution in [0.5, 0.6) is 0 Å². The summed E-state index contributed by atoms with van der Waals surface area (Å²) in [5, 5.41) is 0.492. The summed E-state index contributed by atoms with van der Waals surface area (Å²) in [7, 11) is 0. The molecule has 0 bridgehead atoms. The second-order valence-corrected chi connectivity index (χ2v) is 6.40. The van der Waals surface area contributed by atoms with Gasteiger partial charge in [0.2, 0.25) is 0 Å². The molecule has 1 heterocycles. The van der Waals surface area contributed by atoms with E-state index in [-0.39, 0.29) is 18.8 Å².